The Morgan fingerprint density at radius 2 is 1.57 bits per heavy atom. The van der Waals surface area contributed by atoms with Crippen LogP contribution in [0.25, 0.3) is 11.1 Å². The number of nitriles is 2. The molecule has 0 saturated heterocycles. The maximum Gasteiger partial charge on any atom is 0.141 e. The summed E-state index contributed by atoms with van der Waals surface area (Å²) in [5.74, 6) is 0.106. The summed E-state index contributed by atoms with van der Waals surface area (Å²) in [6.45, 7) is 0.338. The number of hydrogen-bond acceptors (Lipinski definition) is 4. The van der Waals surface area contributed by atoms with Crippen LogP contribution in [-0.2, 0) is 13.0 Å². The van der Waals surface area contributed by atoms with Crippen LogP contribution in [0.4, 0.5) is 4.39 Å². The molecule has 0 N–H and O–H groups in total. The number of halogens is 1. The number of hydrogen-bond donors (Lipinski definition) is 0. The lowest BCUT2D eigenvalue weighted by molar-refractivity contribution is 0.301. The van der Waals surface area contributed by atoms with Crippen LogP contribution in [0.5, 0.6) is 5.75 Å². The fourth-order valence-electron chi connectivity index (χ4n) is 4.25. The Morgan fingerprint density at radius 1 is 0.886 bits per heavy atom. The monoisotopic (exact) mass is 457 g/mol. The Hall–Kier alpha value is -4.74. The Kier molecular flexibility index (Phi) is 6.07. The average molecular weight is 458 g/mol. The highest BCUT2D eigenvalue weighted by atomic mass is 19.1. The molecule has 0 fully saturated rings. The van der Waals surface area contributed by atoms with Crippen molar-refractivity contribution in [3.63, 3.8) is 0 Å². The normalized spacial score (nSPS) is 12.2. The second-order valence-corrected chi connectivity index (χ2v) is 8.27. The van der Waals surface area contributed by atoms with Crippen LogP contribution >= 0.6 is 0 Å². The first kappa shape index (κ1) is 22.1. The fraction of sp³-hybridized carbons (Fsp3) is 0.100. The molecule has 1 aliphatic heterocycles. The minimum absolute atomic E-state index is 0.104. The summed E-state index contributed by atoms with van der Waals surface area (Å²) in [6.07, 6.45) is 0.104. The van der Waals surface area contributed by atoms with Crippen LogP contribution < -0.4 is 4.74 Å². The zero-order valence-electron chi connectivity index (χ0n) is 18.8. The van der Waals surface area contributed by atoms with Gasteiger partial charge in [0.15, 0.2) is 0 Å². The lowest BCUT2D eigenvalue weighted by atomic mass is 9.93. The highest BCUT2D eigenvalue weighted by molar-refractivity contribution is 6.13. The summed E-state index contributed by atoms with van der Waals surface area (Å²) in [4.78, 5) is 4.75. The molecular weight excluding hydrogens is 437 g/mol. The first-order valence-corrected chi connectivity index (χ1v) is 11.2. The highest BCUT2D eigenvalue weighted by Gasteiger charge is 2.22. The smallest absolute Gasteiger partial charge is 0.141 e. The summed E-state index contributed by atoms with van der Waals surface area (Å²) in [5.41, 5.74) is 5.63. The van der Waals surface area contributed by atoms with Crippen molar-refractivity contribution in [1.29, 1.82) is 10.5 Å². The molecule has 0 amide bonds. The molecule has 4 aromatic carbocycles. The van der Waals surface area contributed by atoms with Crippen molar-refractivity contribution in [3.05, 3.63) is 125 Å². The summed E-state index contributed by atoms with van der Waals surface area (Å²) in [5, 5.41) is 19.2. The predicted octanol–water partition coefficient (Wildman–Crippen LogP) is 6.23. The molecule has 5 rings (SSSR count). The van der Waals surface area contributed by atoms with Crippen molar-refractivity contribution in [2.75, 3.05) is 0 Å². The van der Waals surface area contributed by atoms with Gasteiger partial charge in [0.25, 0.3) is 0 Å². The molecule has 0 bridgehead atoms. The minimum Gasteiger partial charge on any atom is -0.488 e. The fourth-order valence-corrected chi connectivity index (χ4v) is 4.25. The van der Waals surface area contributed by atoms with E-state index in [-0.39, 0.29) is 6.42 Å². The molecule has 4 aromatic rings. The van der Waals surface area contributed by atoms with Gasteiger partial charge in [-0.05, 0) is 41.0 Å². The Balaban J connectivity index is 1.51. The molecule has 0 spiro atoms. The lowest BCUT2D eigenvalue weighted by Gasteiger charge is -2.22. The van der Waals surface area contributed by atoms with Crippen molar-refractivity contribution in [3.8, 4) is 29.0 Å². The molecule has 1 atom stereocenters. The van der Waals surface area contributed by atoms with Crippen LogP contribution in [0.3, 0.4) is 0 Å². The van der Waals surface area contributed by atoms with Crippen LogP contribution in [0.1, 0.15) is 27.8 Å². The van der Waals surface area contributed by atoms with Gasteiger partial charge in [-0.3, -0.25) is 4.99 Å². The number of fused-ring (bicyclic) bond motifs is 3. The molecule has 4 nitrogen and oxygen atoms in total. The molecule has 0 saturated carbocycles. The van der Waals surface area contributed by atoms with E-state index in [1.165, 1.54) is 6.07 Å². The van der Waals surface area contributed by atoms with E-state index in [9.17, 15) is 10.5 Å². The second kappa shape index (κ2) is 9.63. The number of rotatable bonds is 5. The van der Waals surface area contributed by atoms with Crippen LogP contribution in [-0.4, -0.2) is 11.8 Å². The van der Waals surface area contributed by atoms with Gasteiger partial charge in [0, 0.05) is 23.1 Å². The van der Waals surface area contributed by atoms with Crippen LogP contribution in [0.15, 0.2) is 96.0 Å². The van der Waals surface area contributed by atoms with E-state index in [1.807, 2.05) is 66.7 Å². The lowest BCUT2D eigenvalue weighted by Crippen LogP contribution is -2.14. The molecule has 35 heavy (non-hydrogen) atoms. The zero-order valence-corrected chi connectivity index (χ0v) is 18.8. The maximum absolute atomic E-state index is 15.3. The largest absolute Gasteiger partial charge is 0.488 e. The van der Waals surface area contributed by atoms with E-state index in [2.05, 4.69) is 12.1 Å². The van der Waals surface area contributed by atoms with E-state index < -0.39 is 11.9 Å². The van der Waals surface area contributed by atoms with Gasteiger partial charge in [-0.1, -0.05) is 66.7 Å². The minimum atomic E-state index is -0.793. The standard InChI is InChI=1S/C30H20FN3O/c31-28-16-27-26-13-20(17-32)11-12-23(26)19-35-29(27)15-24(28)14-25(18-33)34-30(21-7-3-1-4-8-21)22-9-5-2-6-10-22/h1-13,15-16,25H,14,19H2. The molecule has 0 aliphatic carbocycles. The topological polar surface area (TPSA) is 69.2 Å². The summed E-state index contributed by atoms with van der Waals surface area (Å²) >= 11 is 0. The van der Waals surface area contributed by atoms with E-state index in [4.69, 9.17) is 9.73 Å². The molecule has 0 radical (unpaired) electrons. The maximum atomic E-state index is 15.3. The first-order chi connectivity index (χ1) is 17.2. The van der Waals surface area contributed by atoms with Crippen molar-refractivity contribution in [2.45, 2.75) is 19.1 Å². The molecule has 1 heterocycles. The van der Waals surface area contributed by atoms with Crippen LogP contribution in [0, 0.1) is 28.5 Å². The van der Waals surface area contributed by atoms with Gasteiger partial charge in [0.2, 0.25) is 0 Å². The van der Waals surface area contributed by atoms with E-state index in [0.717, 1.165) is 22.3 Å². The van der Waals surface area contributed by atoms with Crippen molar-refractivity contribution >= 4 is 5.71 Å². The summed E-state index contributed by atoms with van der Waals surface area (Å²) in [7, 11) is 0. The van der Waals surface area contributed by atoms with Gasteiger partial charge in [0.05, 0.1) is 23.4 Å². The third-order valence-electron chi connectivity index (χ3n) is 6.00. The highest BCUT2D eigenvalue weighted by Crippen LogP contribution is 2.39. The average Bonchev–Trinajstić information content (AvgIpc) is 2.92. The quantitative estimate of drug-likeness (QED) is 0.334. The number of ether oxygens (including phenoxy) is 1. The number of aliphatic imine (C=N–C) groups is 1. The van der Waals surface area contributed by atoms with E-state index >= 15 is 4.39 Å². The van der Waals surface area contributed by atoms with Gasteiger partial charge >= 0.3 is 0 Å². The van der Waals surface area contributed by atoms with Gasteiger partial charge in [-0.2, -0.15) is 10.5 Å². The van der Waals surface area contributed by atoms with Crippen molar-refractivity contribution < 1.29 is 9.13 Å². The van der Waals surface area contributed by atoms with Crippen molar-refractivity contribution in [2.24, 2.45) is 4.99 Å². The van der Waals surface area contributed by atoms with E-state index in [1.54, 1.807) is 18.2 Å². The van der Waals surface area contributed by atoms with E-state index in [0.29, 0.717) is 34.8 Å². The molecule has 168 valence electrons. The third kappa shape index (κ3) is 4.53. The van der Waals surface area contributed by atoms with Gasteiger partial charge in [-0.25, -0.2) is 4.39 Å². The molecule has 1 unspecified atom stereocenters. The molecule has 5 heteroatoms. The molecule has 1 aliphatic rings. The first-order valence-electron chi connectivity index (χ1n) is 11.2. The molecular formula is C30H20FN3O. The Labute approximate surface area is 203 Å². The third-order valence-corrected chi connectivity index (χ3v) is 6.00. The Bertz CT molecular complexity index is 1460. The van der Waals surface area contributed by atoms with Crippen LogP contribution in [0.2, 0.25) is 0 Å². The Morgan fingerprint density at radius 3 is 2.20 bits per heavy atom. The SMILES string of the molecule is N#Cc1ccc2c(c1)-c1cc(F)c(CC(C#N)N=C(c3ccccc3)c3ccccc3)cc1OC2. The number of benzene rings is 4. The predicted molar refractivity (Wildman–Crippen MR) is 133 cm³/mol. The van der Waals surface area contributed by atoms with Gasteiger partial charge < -0.3 is 4.74 Å². The number of nitrogens with zero attached hydrogens (tertiary/aromatic N) is 3. The van der Waals surface area contributed by atoms with Gasteiger partial charge in [-0.15, -0.1) is 0 Å². The molecule has 0 aromatic heterocycles. The zero-order chi connectivity index (χ0) is 24.2. The van der Waals surface area contributed by atoms with Gasteiger partial charge in [0.1, 0.15) is 24.2 Å². The van der Waals surface area contributed by atoms with Crippen molar-refractivity contribution in [1.82, 2.24) is 0 Å². The summed E-state index contributed by atoms with van der Waals surface area (Å²) in [6, 6.07) is 31.3. The summed E-state index contributed by atoms with van der Waals surface area (Å²) < 4.78 is 21.1. The second-order valence-electron chi connectivity index (χ2n) is 8.27.